The predicted octanol–water partition coefficient (Wildman–Crippen LogP) is 3.97. The lowest BCUT2D eigenvalue weighted by molar-refractivity contribution is -0.125. The average molecular weight is 427 g/mol. The van der Waals surface area contributed by atoms with Gasteiger partial charge in [0.25, 0.3) is 0 Å². The molecule has 31 heavy (non-hydrogen) atoms. The van der Waals surface area contributed by atoms with Crippen LogP contribution in [0.1, 0.15) is 43.5 Å². The first-order chi connectivity index (χ1) is 14.9. The number of rotatable bonds is 8. The zero-order chi connectivity index (χ0) is 22.5. The normalized spacial score (nSPS) is 17.1. The number of carbonyl (C=O) groups is 1. The van der Waals surface area contributed by atoms with Crippen molar-refractivity contribution in [3.63, 3.8) is 0 Å². The number of hydrogen-bond donors (Lipinski definition) is 1. The van der Waals surface area contributed by atoms with Crippen LogP contribution in [0.2, 0.25) is 0 Å². The summed E-state index contributed by atoms with van der Waals surface area (Å²) in [6, 6.07) is 12.2. The van der Waals surface area contributed by atoms with Gasteiger partial charge >= 0.3 is 0 Å². The lowest BCUT2D eigenvalue weighted by atomic mass is 9.87. The lowest BCUT2D eigenvalue weighted by Crippen LogP contribution is -2.48. The van der Waals surface area contributed by atoms with E-state index in [0.29, 0.717) is 5.75 Å². The molecule has 1 aliphatic heterocycles. The molecule has 2 atom stereocenters. The Morgan fingerprint density at radius 1 is 1.06 bits per heavy atom. The summed E-state index contributed by atoms with van der Waals surface area (Å²) in [7, 11) is 4.99. The molecule has 0 spiro atoms. The second kappa shape index (κ2) is 10.1. The standard InChI is InChI=1S/C25H34N2O4/c1-16(2)25(28)26-17(3)24-21-14-23(31-6)22(30-5)13-19(21)10-11-27(24)15-18-8-7-9-20(12-18)29-4/h7-9,12-14,16-17,24H,10-11,15H2,1-6H3,(H,26,28)/t17-,24+/m1/s1. The van der Waals surface area contributed by atoms with Crippen molar-refractivity contribution in [1.29, 1.82) is 0 Å². The molecule has 2 aromatic carbocycles. The quantitative estimate of drug-likeness (QED) is 0.692. The van der Waals surface area contributed by atoms with E-state index in [-0.39, 0.29) is 23.9 Å². The van der Waals surface area contributed by atoms with Crippen LogP contribution in [0.4, 0.5) is 0 Å². The first-order valence-electron chi connectivity index (χ1n) is 10.8. The van der Waals surface area contributed by atoms with Gasteiger partial charge in [-0.3, -0.25) is 9.69 Å². The van der Waals surface area contributed by atoms with E-state index in [1.54, 1.807) is 21.3 Å². The number of hydrogen-bond acceptors (Lipinski definition) is 5. The van der Waals surface area contributed by atoms with E-state index in [2.05, 4.69) is 41.4 Å². The molecule has 6 heteroatoms. The minimum absolute atomic E-state index is 0.0115. The molecular formula is C25H34N2O4. The predicted molar refractivity (Wildman–Crippen MR) is 122 cm³/mol. The number of fused-ring (bicyclic) bond motifs is 1. The topological polar surface area (TPSA) is 60.0 Å². The van der Waals surface area contributed by atoms with Crippen LogP contribution in [-0.4, -0.2) is 44.7 Å². The number of nitrogens with zero attached hydrogens (tertiary/aromatic N) is 1. The second-order valence-corrected chi connectivity index (χ2v) is 8.37. The summed E-state index contributed by atoms with van der Waals surface area (Å²) in [5.74, 6) is 2.28. The van der Waals surface area contributed by atoms with Gasteiger partial charge < -0.3 is 19.5 Å². The van der Waals surface area contributed by atoms with Crippen LogP contribution in [0.25, 0.3) is 0 Å². The van der Waals surface area contributed by atoms with Crippen LogP contribution < -0.4 is 19.5 Å². The van der Waals surface area contributed by atoms with E-state index in [1.807, 2.05) is 26.0 Å². The highest BCUT2D eigenvalue weighted by Gasteiger charge is 2.34. The molecule has 168 valence electrons. The third kappa shape index (κ3) is 5.13. The van der Waals surface area contributed by atoms with Gasteiger partial charge in [-0.05, 0) is 54.3 Å². The van der Waals surface area contributed by atoms with E-state index in [9.17, 15) is 4.79 Å². The minimum Gasteiger partial charge on any atom is -0.497 e. The fraction of sp³-hybridized carbons (Fsp3) is 0.480. The SMILES string of the molecule is COc1cccc(CN2CCc3cc(OC)c(OC)cc3[C@@H]2[C@@H](C)NC(=O)C(C)C)c1. The highest BCUT2D eigenvalue weighted by atomic mass is 16.5. The van der Waals surface area contributed by atoms with Crippen molar-refractivity contribution < 1.29 is 19.0 Å². The van der Waals surface area contributed by atoms with Gasteiger partial charge in [-0.2, -0.15) is 0 Å². The summed E-state index contributed by atoms with van der Waals surface area (Å²) in [6.07, 6.45) is 0.904. The Morgan fingerprint density at radius 2 is 1.77 bits per heavy atom. The molecule has 1 aliphatic rings. The van der Waals surface area contributed by atoms with Crippen molar-refractivity contribution in [3.8, 4) is 17.2 Å². The first kappa shape index (κ1) is 22.9. The van der Waals surface area contributed by atoms with Crippen LogP contribution in [0, 0.1) is 5.92 Å². The van der Waals surface area contributed by atoms with Gasteiger partial charge in [0, 0.05) is 25.0 Å². The molecule has 0 saturated heterocycles. The Hall–Kier alpha value is -2.73. The third-order valence-corrected chi connectivity index (χ3v) is 5.91. The number of ether oxygens (including phenoxy) is 3. The van der Waals surface area contributed by atoms with Gasteiger partial charge in [-0.1, -0.05) is 26.0 Å². The number of amides is 1. The molecule has 0 radical (unpaired) electrons. The fourth-order valence-electron chi connectivity index (χ4n) is 4.27. The van der Waals surface area contributed by atoms with E-state index in [0.717, 1.165) is 31.0 Å². The maximum absolute atomic E-state index is 12.5. The van der Waals surface area contributed by atoms with Gasteiger partial charge in [0.2, 0.25) is 5.91 Å². The molecule has 1 N–H and O–H groups in total. The number of carbonyl (C=O) groups excluding carboxylic acids is 1. The monoisotopic (exact) mass is 426 g/mol. The van der Waals surface area contributed by atoms with Crippen molar-refractivity contribution in [2.75, 3.05) is 27.9 Å². The molecule has 6 nitrogen and oxygen atoms in total. The molecule has 0 fully saturated rings. The van der Waals surface area contributed by atoms with Crippen molar-refractivity contribution in [3.05, 3.63) is 53.1 Å². The summed E-state index contributed by atoms with van der Waals surface area (Å²) in [5.41, 5.74) is 3.58. The highest BCUT2D eigenvalue weighted by molar-refractivity contribution is 5.78. The van der Waals surface area contributed by atoms with Crippen LogP contribution >= 0.6 is 0 Å². The summed E-state index contributed by atoms with van der Waals surface area (Å²) < 4.78 is 16.5. The zero-order valence-electron chi connectivity index (χ0n) is 19.4. The van der Waals surface area contributed by atoms with E-state index in [4.69, 9.17) is 14.2 Å². The van der Waals surface area contributed by atoms with E-state index >= 15 is 0 Å². The second-order valence-electron chi connectivity index (χ2n) is 8.37. The van der Waals surface area contributed by atoms with Crippen LogP contribution in [0.3, 0.4) is 0 Å². The van der Waals surface area contributed by atoms with Crippen molar-refractivity contribution >= 4 is 5.91 Å². The molecule has 1 amide bonds. The number of benzene rings is 2. The summed E-state index contributed by atoms with van der Waals surface area (Å²) in [6.45, 7) is 7.55. The Morgan fingerprint density at radius 3 is 2.42 bits per heavy atom. The van der Waals surface area contributed by atoms with E-state index < -0.39 is 0 Å². The summed E-state index contributed by atoms with van der Waals surface area (Å²) >= 11 is 0. The molecule has 0 aliphatic carbocycles. The number of methoxy groups -OCH3 is 3. The maximum Gasteiger partial charge on any atom is 0.222 e. The van der Waals surface area contributed by atoms with Gasteiger partial charge in [0.15, 0.2) is 11.5 Å². The molecule has 1 heterocycles. The van der Waals surface area contributed by atoms with Gasteiger partial charge in [-0.15, -0.1) is 0 Å². The molecule has 0 saturated carbocycles. The summed E-state index contributed by atoms with van der Waals surface area (Å²) in [4.78, 5) is 14.9. The third-order valence-electron chi connectivity index (χ3n) is 5.91. The maximum atomic E-state index is 12.5. The minimum atomic E-state index is -0.0716. The average Bonchev–Trinajstić information content (AvgIpc) is 2.77. The largest absolute Gasteiger partial charge is 0.497 e. The molecule has 0 aromatic heterocycles. The van der Waals surface area contributed by atoms with Gasteiger partial charge in [0.1, 0.15) is 5.75 Å². The summed E-state index contributed by atoms with van der Waals surface area (Å²) in [5, 5.41) is 3.22. The van der Waals surface area contributed by atoms with E-state index in [1.165, 1.54) is 16.7 Å². The first-order valence-corrected chi connectivity index (χ1v) is 10.8. The van der Waals surface area contributed by atoms with Crippen LogP contribution in [0.15, 0.2) is 36.4 Å². The van der Waals surface area contributed by atoms with Crippen LogP contribution in [-0.2, 0) is 17.8 Å². The lowest BCUT2D eigenvalue weighted by Gasteiger charge is -2.41. The Labute approximate surface area is 185 Å². The molecule has 2 aromatic rings. The van der Waals surface area contributed by atoms with Crippen molar-refractivity contribution in [2.24, 2.45) is 5.92 Å². The molecule has 3 rings (SSSR count). The van der Waals surface area contributed by atoms with Crippen molar-refractivity contribution in [1.82, 2.24) is 10.2 Å². The van der Waals surface area contributed by atoms with Crippen LogP contribution in [0.5, 0.6) is 17.2 Å². The molecule has 0 unspecified atom stereocenters. The fourth-order valence-corrected chi connectivity index (χ4v) is 4.27. The van der Waals surface area contributed by atoms with Gasteiger partial charge in [0.05, 0.1) is 27.4 Å². The number of nitrogens with one attached hydrogen (secondary N) is 1. The highest BCUT2D eigenvalue weighted by Crippen LogP contribution is 2.40. The molecule has 0 bridgehead atoms. The Bertz CT molecular complexity index is 912. The zero-order valence-corrected chi connectivity index (χ0v) is 19.4. The Balaban J connectivity index is 1.99. The smallest absolute Gasteiger partial charge is 0.222 e. The molecular weight excluding hydrogens is 392 g/mol. The van der Waals surface area contributed by atoms with Gasteiger partial charge in [-0.25, -0.2) is 0 Å². The Kier molecular flexibility index (Phi) is 7.44. The van der Waals surface area contributed by atoms with Crippen molar-refractivity contribution in [2.45, 2.75) is 45.8 Å².